The topological polar surface area (TPSA) is 88.9 Å². The van der Waals surface area contributed by atoms with Crippen molar-refractivity contribution >= 4 is 23.5 Å². The summed E-state index contributed by atoms with van der Waals surface area (Å²) in [5.74, 6) is -0.680. The van der Waals surface area contributed by atoms with E-state index in [1.54, 1.807) is 36.4 Å². The van der Waals surface area contributed by atoms with Crippen LogP contribution in [0.3, 0.4) is 0 Å². The van der Waals surface area contributed by atoms with Gasteiger partial charge < -0.3 is 18.9 Å². The quantitative estimate of drug-likeness (QED) is 0.505. The van der Waals surface area contributed by atoms with Crippen LogP contribution in [0.1, 0.15) is 27.8 Å². The first-order valence-electron chi connectivity index (χ1n) is 9.32. The Morgan fingerprint density at radius 1 is 1.00 bits per heavy atom. The zero-order valence-electron chi connectivity index (χ0n) is 17.5. The molecule has 9 heteroatoms. The van der Waals surface area contributed by atoms with Crippen LogP contribution in [0.2, 0.25) is 5.02 Å². The average Bonchev–Trinajstić information content (AvgIpc) is 3.20. The van der Waals surface area contributed by atoms with Crippen LogP contribution in [0.4, 0.5) is 0 Å². The molecule has 3 aromatic rings. The first kappa shape index (κ1) is 22.2. The van der Waals surface area contributed by atoms with E-state index in [0.29, 0.717) is 29.4 Å². The molecule has 1 aromatic heterocycles. The van der Waals surface area contributed by atoms with Gasteiger partial charge in [-0.1, -0.05) is 29.8 Å². The summed E-state index contributed by atoms with van der Waals surface area (Å²) in [4.78, 5) is 25.4. The van der Waals surface area contributed by atoms with Crippen LogP contribution in [0.25, 0.3) is 16.9 Å². The van der Waals surface area contributed by atoms with Crippen molar-refractivity contribution in [3.8, 4) is 28.4 Å². The second-order valence-corrected chi connectivity index (χ2v) is 6.63. The minimum atomic E-state index is -0.762. The van der Waals surface area contributed by atoms with E-state index in [1.807, 2.05) is 13.0 Å². The lowest BCUT2D eigenvalue weighted by Crippen LogP contribution is -2.15. The van der Waals surface area contributed by atoms with Crippen molar-refractivity contribution < 1.29 is 28.5 Å². The van der Waals surface area contributed by atoms with Crippen LogP contribution in [0, 0.1) is 0 Å². The number of hydrogen-bond acceptors (Lipinski definition) is 7. The highest BCUT2D eigenvalue weighted by atomic mass is 35.5. The number of methoxy groups -OCH3 is 3. The molecule has 0 amide bonds. The molecule has 0 saturated carbocycles. The standard InChI is InChI=1S/C22H21ClN2O6/c1-5-31-17-11-14(15(23)12-16(17)28-2)19-18(21(26)29-3)20(22(27)30-4)25(24-19)13-9-7-6-8-10-13/h6-12H,5H2,1-4H3. The molecule has 0 atom stereocenters. The van der Waals surface area contributed by atoms with E-state index in [4.69, 9.17) is 30.5 Å². The number of esters is 2. The predicted octanol–water partition coefficient (Wildman–Crippen LogP) is 4.17. The van der Waals surface area contributed by atoms with Gasteiger partial charge in [0.25, 0.3) is 0 Å². The van der Waals surface area contributed by atoms with Gasteiger partial charge in [0.15, 0.2) is 17.2 Å². The third-order valence-corrected chi connectivity index (χ3v) is 4.78. The fraction of sp³-hybridized carbons (Fsp3) is 0.227. The Morgan fingerprint density at radius 3 is 2.26 bits per heavy atom. The Hall–Kier alpha value is -3.52. The van der Waals surface area contributed by atoms with Crippen molar-refractivity contribution in [1.82, 2.24) is 9.78 Å². The number of halogens is 1. The normalized spacial score (nSPS) is 10.5. The van der Waals surface area contributed by atoms with E-state index in [9.17, 15) is 9.59 Å². The number of benzene rings is 2. The third kappa shape index (κ3) is 4.20. The van der Waals surface area contributed by atoms with E-state index in [2.05, 4.69) is 5.10 Å². The summed E-state index contributed by atoms with van der Waals surface area (Å²) >= 11 is 6.50. The number of rotatable bonds is 7. The number of ether oxygens (including phenoxy) is 4. The monoisotopic (exact) mass is 444 g/mol. The highest BCUT2D eigenvalue weighted by Gasteiger charge is 2.32. The number of carbonyl (C=O) groups excluding carboxylic acids is 2. The Bertz CT molecular complexity index is 1110. The molecule has 0 aliphatic carbocycles. The third-order valence-electron chi connectivity index (χ3n) is 4.46. The van der Waals surface area contributed by atoms with Crippen LogP contribution in [-0.2, 0) is 9.47 Å². The average molecular weight is 445 g/mol. The SMILES string of the molecule is CCOc1cc(-c2nn(-c3ccccc3)c(C(=O)OC)c2C(=O)OC)c(Cl)cc1OC. The van der Waals surface area contributed by atoms with Gasteiger partial charge in [-0.15, -0.1) is 0 Å². The second kappa shape index (κ2) is 9.53. The van der Waals surface area contributed by atoms with Crippen LogP contribution < -0.4 is 9.47 Å². The number of para-hydroxylation sites is 1. The van der Waals surface area contributed by atoms with E-state index >= 15 is 0 Å². The molecule has 2 aromatic carbocycles. The van der Waals surface area contributed by atoms with Crippen molar-refractivity contribution in [2.75, 3.05) is 27.9 Å². The lowest BCUT2D eigenvalue weighted by Gasteiger charge is -2.12. The molecule has 0 radical (unpaired) electrons. The molecule has 0 N–H and O–H groups in total. The van der Waals surface area contributed by atoms with Crippen LogP contribution in [0.5, 0.6) is 11.5 Å². The molecule has 8 nitrogen and oxygen atoms in total. The molecular formula is C22H21ClN2O6. The summed E-state index contributed by atoms with van der Waals surface area (Å²) in [5.41, 5.74) is 0.901. The summed E-state index contributed by atoms with van der Waals surface area (Å²) in [5, 5.41) is 4.79. The van der Waals surface area contributed by atoms with Crippen LogP contribution >= 0.6 is 11.6 Å². The number of nitrogens with zero attached hydrogens (tertiary/aromatic N) is 2. The Labute approximate surface area is 184 Å². The van der Waals surface area contributed by atoms with Crippen molar-refractivity contribution in [3.05, 3.63) is 58.7 Å². The van der Waals surface area contributed by atoms with Gasteiger partial charge >= 0.3 is 11.9 Å². The zero-order chi connectivity index (χ0) is 22.5. The van der Waals surface area contributed by atoms with Gasteiger partial charge in [0.1, 0.15) is 11.3 Å². The van der Waals surface area contributed by atoms with Crippen molar-refractivity contribution in [2.24, 2.45) is 0 Å². The highest BCUT2D eigenvalue weighted by molar-refractivity contribution is 6.33. The van der Waals surface area contributed by atoms with E-state index in [-0.39, 0.29) is 22.0 Å². The van der Waals surface area contributed by atoms with Crippen LogP contribution in [-0.4, -0.2) is 49.7 Å². The van der Waals surface area contributed by atoms with Gasteiger partial charge in [0, 0.05) is 11.6 Å². The molecular weight excluding hydrogens is 424 g/mol. The van der Waals surface area contributed by atoms with Gasteiger partial charge in [-0.3, -0.25) is 0 Å². The van der Waals surface area contributed by atoms with Gasteiger partial charge in [-0.05, 0) is 25.1 Å². The summed E-state index contributed by atoms with van der Waals surface area (Å²) in [6.07, 6.45) is 0. The zero-order valence-corrected chi connectivity index (χ0v) is 18.2. The maximum Gasteiger partial charge on any atom is 0.357 e. The number of carbonyl (C=O) groups is 2. The Balaban J connectivity index is 2.38. The van der Waals surface area contributed by atoms with Crippen molar-refractivity contribution in [2.45, 2.75) is 6.92 Å². The first-order valence-corrected chi connectivity index (χ1v) is 9.70. The molecule has 0 aliphatic heterocycles. The maximum atomic E-state index is 12.8. The van der Waals surface area contributed by atoms with Gasteiger partial charge in [0.05, 0.1) is 38.6 Å². The number of aromatic nitrogens is 2. The molecule has 3 rings (SSSR count). The summed E-state index contributed by atoms with van der Waals surface area (Å²) in [6, 6.07) is 12.0. The molecule has 0 aliphatic rings. The molecule has 31 heavy (non-hydrogen) atoms. The van der Waals surface area contributed by atoms with E-state index in [0.717, 1.165) is 0 Å². The largest absolute Gasteiger partial charge is 0.493 e. The summed E-state index contributed by atoms with van der Waals surface area (Å²) in [7, 11) is 3.93. The van der Waals surface area contributed by atoms with Crippen molar-refractivity contribution in [1.29, 1.82) is 0 Å². The van der Waals surface area contributed by atoms with E-state index < -0.39 is 11.9 Å². The number of hydrogen-bond donors (Lipinski definition) is 0. The Morgan fingerprint density at radius 2 is 1.68 bits per heavy atom. The lowest BCUT2D eigenvalue weighted by atomic mass is 10.0. The van der Waals surface area contributed by atoms with Gasteiger partial charge in [-0.2, -0.15) is 5.10 Å². The van der Waals surface area contributed by atoms with Gasteiger partial charge in [-0.25, -0.2) is 14.3 Å². The second-order valence-electron chi connectivity index (χ2n) is 6.22. The minimum absolute atomic E-state index is 0.0762. The molecule has 0 bridgehead atoms. The fourth-order valence-electron chi connectivity index (χ4n) is 3.09. The smallest absolute Gasteiger partial charge is 0.357 e. The molecule has 162 valence electrons. The lowest BCUT2D eigenvalue weighted by molar-refractivity contribution is 0.0549. The molecule has 0 spiro atoms. The first-order chi connectivity index (χ1) is 15.0. The summed E-state index contributed by atoms with van der Waals surface area (Å²) in [6.45, 7) is 2.21. The van der Waals surface area contributed by atoms with E-state index in [1.165, 1.54) is 26.0 Å². The molecule has 0 saturated heterocycles. The molecule has 1 heterocycles. The predicted molar refractivity (Wildman–Crippen MR) is 114 cm³/mol. The molecule has 0 unspecified atom stereocenters. The minimum Gasteiger partial charge on any atom is -0.493 e. The summed E-state index contributed by atoms with van der Waals surface area (Å²) < 4.78 is 22.2. The fourth-order valence-corrected chi connectivity index (χ4v) is 3.33. The van der Waals surface area contributed by atoms with Gasteiger partial charge in [0.2, 0.25) is 0 Å². The van der Waals surface area contributed by atoms with Crippen LogP contribution in [0.15, 0.2) is 42.5 Å². The Kier molecular flexibility index (Phi) is 6.81. The highest BCUT2D eigenvalue weighted by Crippen LogP contribution is 2.40. The molecule has 0 fully saturated rings. The van der Waals surface area contributed by atoms with Crippen molar-refractivity contribution in [3.63, 3.8) is 0 Å². The maximum absolute atomic E-state index is 12.8.